The first-order valence-electron chi connectivity index (χ1n) is 7.84. The van der Waals surface area contributed by atoms with E-state index in [4.69, 9.17) is 0 Å². The van der Waals surface area contributed by atoms with E-state index in [0.29, 0.717) is 0 Å². The van der Waals surface area contributed by atoms with Crippen LogP contribution in [0.25, 0.3) is 0 Å². The third-order valence-electron chi connectivity index (χ3n) is 4.28. The second kappa shape index (κ2) is 7.37. The van der Waals surface area contributed by atoms with Crippen LogP contribution in [0.3, 0.4) is 0 Å². The summed E-state index contributed by atoms with van der Waals surface area (Å²) in [6, 6.07) is 8.87. The highest BCUT2D eigenvalue weighted by atomic mass is 32.2. The zero-order chi connectivity index (χ0) is 14.4. The monoisotopic (exact) mass is 292 g/mol. The quantitative estimate of drug-likeness (QED) is 0.800. The van der Waals surface area contributed by atoms with Gasteiger partial charge in [0.1, 0.15) is 0 Å². The fraction of sp³-hybridized carbons (Fsp3) is 0.647. The molecule has 1 unspecified atom stereocenters. The van der Waals surface area contributed by atoms with Gasteiger partial charge in [0.25, 0.3) is 0 Å². The van der Waals surface area contributed by atoms with Gasteiger partial charge in [0.2, 0.25) is 0 Å². The molecule has 0 bridgehead atoms. The molecule has 0 fully saturated rings. The predicted octanol–water partition coefficient (Wildman–Crippen LogP) is 3.91. The van der Waals surface area contributed by atoms with Gasteiger partial charge in [-0.05, 0) is 42.9 Å². The molecule has 1 N–H and O–H groups in total. The summed E-state index contributed by atoms with van der Waals surface area (Å²) in [4.78, 5) is 2.59. The van der Waals surface area contributed by atoms with E-state index < -0.39 is 0 Å². The lowest BCUT2D eigenvalue weighted by Gasteiger charge is -2.34. The third-order valence-corrected chi connectivity index (χ3v) is 5.26. The molecule has 0 spiro atoms. The molecule has 0 radical (unpaired) electrons. The van der Waals surface area contributed by atoms with Gasteiger partial charge >= 0.3 is 0 Å². The molecular weight excluding hydrogens is 264 g/mol. The standard InChI is InChI=1S/C17H28N2S/c1-4-17(3)14-19(11-8-12-20-5-2)16-10-7-6-9-15(16)13-18-17/h6-7,9-10,18H,4-5,8,11-14H2,1-3H3. The first-order valence-corrected chi connectivity index (χ1v) is 8.99. The molecule has 2 rings (SSSR count). The minimum Gasteiger partial charge on any atom is -0.369 e. The molecule has 1 atom stereocenters. The Morgan fingerprint density at radius 1 is 1.30 bits per heavy atom. The fourth-order valence-corrected chi connectivity index (χ4v) is 3.40. The van der Waals surface area contributed by atoms with E-state index in [0.717, 1.165) is 13.1 Å². The van der Waals surface area contributed by atoms with Crippen LogP contribution >= 0.6 is 11.8 Å². The fourth-order valence-electron chi connectivity index (χ4n) is 2.78. The van der Waals surface area contributed by atoms with E-state index >= 15 is 0 Å². The van der Waals surface area contributed by atoms with E-state index in [-0.39, 0.29) is 5.54 Å². The number of rotatable bonds is 6. The van der Waals surface area contributed by atoms with Crippen molar-refractivity contribution < 1.29 is 0 Å². The summed E-state index contributed by atoms with van der Waals surface area (Å²) in [6.45, 7) is 10.1. The molecule has 1 heterocycles. The maximum Gasteiger partial charge on any atom is 0.0412 e. The van der Waals surface area contributed by atoms with Crippen LogP contribution in [0.2, 0.25) is 0 Å². The van der Waals surface area contributed by atoms with E-state index in [1.807, 2.05) is 11.8 Å². The number of thioether (sulfide) groups is 1. The minimum absolute atomic E-state index is 0.219. The van der Waals surface area contributed by atoms with Gasteiger partial charge in [-0.15, -0.1) is 0 Å². The highest BCUT2D eigenvalue weighted by molar-refractivity contribution is 7.99. The molecule has 2 nitrogen and oxygen atoms in total. The van der Waals surface area contributed by atoms with Crippen molar-refractivity contribution in [2.24, 2.45) is 0 Å². The molecule has 20 heavy (non-hydrogen) atoms. The summed E-state index contributed by atoms with van der Waals surface area (Å²) in [6.07, 6.45) is 2.44. The number of benzene rings is 1. The molecule has 0 aliphatic carbocycles. The lowest BCUT2D eigenvalue weighted by atomic mass is 9.98. The molecule has 0 saturated heterocycles. The van der Waals surface area contributed by atoms with Crippen molar-refractivity contribution in [1.29, 1.82) is 0 Å². The smallest absolute Gasteiger partial charge is 0.0412 e. The van der Waals surface area contributed by atoms with E-state index in [1.54, 1.807) is 0 Å². The molecule has 1 aliphatic heterocycles. The van der Waals surface area contributed by atoms with Crippen molar-refractivity contribution in [3.63, 3.8) is 0 Å². The molecule has 3 heteroatoms. The lowest BCUT2D eigenvalue weighted by molar-refractivity contribution is 0.349. The normalized spacial score (nSPS) is 22.4. The van der Waals surface area contributed by atoms with Crippen molar-refractivity contribution in [3.05, 3.63) is 29.8 Å². The molecule has 1 aliphatic rings. The second-order valence-electron chi connectivity index (χ2n) is 5.87. The van der Waals surface area contributed by atoms with E-state index in [2.05, 4.69) is 55.3 Å². The van der Waals surface area contributed by atoms with Gasteiger partial charge in [0, 0.05) is 30.9 Å². The number of nitrogens with zero attached hydrogens (tertiary/aromatic N) is 1. The third kappa shape index (κ3) is 3.92. The Morgan fingerprint density at radius 3 is 2.85 bits per heavy atom. The number of hydrogen-bond acceptors (Lipinski definition) is 3. The molecular formula is C17H28N2S. The summed E-state index contributed by atoms with van der Waals surface area (Å²) in [5.74, 6) is 2.50. The molecule has 0 aromatic heterocycles. The van der Waals surface area contributed by atoms with Crippen molar-refractivity contribution in [2.45, 2.75) is 45.7 Å². The number of anilines is 1. The molecule has 1 aromatic rings. The van der Waals surface area contributed by atoms with Crippen LogP contribution in [0, 0.1) is 0 Å². The van der Waals surface area contributed by atoms with Crippen LogP contribution in [0.15, 0.2) is 24.3 Å². The van der Waals surface area contributed by atoms with Crippen LogP contribution in [0.4, 0.5) is 5.69 Å². The molecule has 0 saturated carbocycles. The van der Waals surface area contributed by atoms with Gasteiger partial charge in [-0.2, -0.15) is 11.8 Å². The number of para-hydroxylation sites is 1. The van der Waals surface area contributed by atoms with Crippen LogP contribution in [-0.4, -0.2) is 30.1 Å². The molecule has 112 valence electrons. The van der Waals surface area contributed by atoms with Gasteiger partial charge in [-0.25, -0.2) is 0 Å². The van der Waals surface area contributed by atoms with Gasteiger partial charge in [0.05, 0.1) is 0 Å². The average molecular weight is 292 g/mol. The van der Waals surface area contributed by atoms with Crippen LogP contribution in [0.5, 0.6) is 0 Å². The topological polar surface area (TPSA) is 15.3 Å². The second-order valence-corrected chi connectivity index (χ2v) is 7.26. The van der Waals surface area contributed by atoms with Crippen molar-refractivity contribution in [3.8, 4) is 0 Å². The van der Waals surface area contributed by atoms with Gasteiger partial charge < -0.3 is 10.2 Å². The number of hydrogen-bond donors (Lipinski definition) is 1. The summed E-state index contributed by atoms with van der Waals surface area (Å²) in [5, 5.41) is 3.75. The Kier molecular flexibility index (Phi) is 5.79. The summed E-state index contributed by atoms with van der Waals surface area (Å²) in [5.41, 5.74) is 3.09. The van der Waals surface area contributed by atoms with Crippen LogP contribution in [-0.2, 0) is 6.54 Å². The first kappa shape index (κ1) is 15.7. The Hall–Kier alpha value is -0.670. The Labute approximate surface area is 128 Å². The maximum atomic E-state index is 3.75. The summed E-state index contributed by atoms with van der Waals surface area (Å²) < 4.78 is 0. The Bertz CT molecular complexity index is 421. The van der Waals surface area contributed by atoms with E-state index in [9.17, 15) is 0 Å². The van der Waals surface area contributed by atoms with Crippen molar-refractivity contribution >= 4 is 17.4 Å². The van der Waals surface area contributed by atoms with Gasteiger partial charge in [-0.1, -0.05) is 32.0 Å². The Balaban J connectivity index is 2.11. The van der Waals surface area contributed by atoms with Crippen molar-refractivity contribution in [1.82, 2.24) is 5.32 Å². The largest absolute Gasteiger partial charge is 0.369 e. The predicted molar refractivity (Wildman–Crippen MR) is 91.8 cm³/mol. The van der Waals surface area contributed by atoms with Gasteiger partial charge in [0.15, 0.2) is 0 Å². The highest BCUT2D eigenvalue weighted by Gasteiger charge is 2.28. The van der Waals surface area contributed by atoms with Gasteiger partial charge in [-0.3, -0.25) is 0 Å². The summed E-state index contributed by atoms with van der Waals surface area (Å²) >= 11 is 2.05. The highest BCUT2D eigenvalue weighted by Crippen LogP contribution is 2.28. The lowest BCUT2D eigenvalue weighted by Crippen LogP contribution is -2.49. The van der Waals surface area contributed by atoms with E-state index in [1.165, 1.54) is 42.1 Å². The zero-order valence-corrected chi connectivity index (χ0v) is 13.9. The molecule has 0 amide bonds. The van der Waals surface area contributed by atoms with Crippen LogP contribution < -0.4 is 10.2 Å². The maximum absolute atomic E-state index is 3.75. The van der Waals surface area contributed by atoms with Crippen LogP contribution in [0.1, 0.15) is 39.2 Å². The molecule has 1 aromatic carbocycles. The minimum atomic E-state index is 0.219. The average Bonchev–Trinajstić information content (AvgIpc) is 2.62. The SMILES string of the molecule is CCSCCCN1CC(C)(CC)NCc2ccccc21. The van der Waals surface area contributed by atoms with Crippen molar-refractivity contribution in [2.75, 3.05) is 29.5 Å². The number of nitrogens with one attached hydrogen (secondary N) is 1. The first-order chi connectivity index (χ1) is 9.68. The zero-order valence-electron chi connectivity index (χ0n) is 13.1. The number of fused-ring (bicyclic) bond motifs is 1. The Morgan fingerprint density at radius 2 is 2.10 bits per heavy atom. The summed E-state index contributed by atoms with van der Waals surface area (Å²) in [7, 11) is 0.